The topological polar surface area (TPSA) is 17.1 Å². The number of rotatable bonds is 2. The Hall–Kier alpha value is -1.00. The van der Waals surface area contributed by atoms with Gasteiger partial charge in [-0.2, -0.15) is 0 Å². The van der Waals surface area contributed by atoms with Crippen LogP contribution in [0.3, 0.4) is 0 Å². The van der Waals surface area contributed by atoms with Gasteiger partial charge in [0, 0.05) is 11.1 Å². The molecule has 0 rings (SSSR count). The molecule has 0 heterocycles. The molecule has 0 radical (unpaired) electrons. The lowest BCUT2D eigenvalue weighted by Crippen LogP contribution is -1.89. The maximum atomic E-state index is 10.6. The van der Waals surface area contributed by atoms with Crippen LogP contribution in [0.25, 0.3) is 0 Å². The summed E-state index contributed by atoms with van der Waals surface area (Å²) in [5, 5.41) is -0.469. The van der Waals surface area contributed by atoms with E-state index in [1.54, 1.807) is 13.0 Å². The molecule has 0 bridgehead atoms. The van der Waals surface area contributed by atoms with Crippen molar-refractivity contribution in [1.82, 2.24) is 0 Å². The summed E-state index contributed by atoms with van der Waals surface area (Å²) in [6.07, 6.45) is 6.83. The highest BCUT2D eigenvalue weighted by atomic mass is 35.5. The maximum Gasteiger partial charge on any atom is 0.248 e. The van der Waals surface area contributed by atoms with Gasteiger partial charge < -0.3 is 0 Å². The highest BCUT2D eigenvalue weighted by Gasteiger charge is 1.99. The van der Waals surface area contributed by atoms with Crippen molar-refractivity contribution in [3.63, 3.8) is 0 Å². The molecule has 0 aromatic carbocycles. The molecule has 0 aromatic rings. The number of terminal acetylenes is 1. The molecule has 0 N–H and O–H groups in total. The molecular formula is C10H11ClO. The van der Waals surface area contributed by atoms with E-state index in [4.69, 9.17) is 18.0 Å². The molecule has 0 aliphatic rings. The molecule has 0 aliphatic heterocycles. The van der Waals surface area contributed by atoms with Crippen LogP contribution in [0.4, 0.5) is 0 Å². The molecule has 0 saturated heterocycles. The van der Waals surface area contributed by atoms with Crippen LogP contribution >= 0.6 is 11.6 Å². The average molecular weight is 183 g/mol. The van der Waals surface area contributed by atoms with E-state index in [0.29, 0.717) is 11.1 Å². The van der Waals surface area contributed by atoms with Gasteiger partial charge in [-0.25, -0.2) is 0 Å². The van der Waals surface area contributed by atoms with Crippen LogP contribution in [0, 0.1) is 12.3 Å². The van der Waals surface area contributed by atoms with Crippen LogP contribution in [-0.4, -0.2) is 5.24 Å². The van der Waals surface area contributed by atoms with Crippen molar-refractivity contribution in [2.75, 3.05) is 0 Å². The molecule has 0 aromatic heterocycles. The van der Waals surface area contributed by atoms with Crippen LogP contribution in [0.2, 0.25) is 0 Å². The fraction of sp³-hybridized carbons (Fsp3) is 0.300. The zero-order chi connectivity index (χ0) is 9.72. The molecule has 0 aliphatic carbocycles. The van der Waals surface area contributed by atoms with E-state index in [0.717, 1.165) is 5.57 Å². The quantitative estimate of drug-likeness (QED) is 0.278. The molecule has 0 spiro atoms. The molecule has 0 fully saturated rings. The van der Waals surface area contributed by atoms with E-state index in [9.17, 15) is 4.79 Å². The smallest absolute Gasteiger partial charge is 0.248 e. The van der Waals surface area contributed by atoms with E-state index in [1.165, 1.54) is 0 Å². The predicted octanol–water partition coefficient (Wildman–Crippen LogP) is 2.67. The zero-order valence-electron chi connectivity index (χ0n) is 7.44. The van der Waals surface area contributed by atoms with Gasteiger partial charge in [0.2, 0.25) is 5.24 Å². The van der Waals surface area contributed by atoms with Crippen molar-refractivity contribution in [2.24, 2.45) is 0 Å². The lowest BCUT2D eigenvalue weighted by atomic mass is 10.1. The highest BCUT2D eigenvalue weighted by molar-refractivity contribution is 6.67. The summed E-state index contributed by atoms with van der Waals surface area (Å²) in [5.74, 6) is 2.48. The van der Waals surface area contributed by atoms with Crippen molar-refractivity contribution < 1.29 is 4.79 Å². The Morgan fingerprint density at radius 2 is 1.92 bits per heavy atom. The van der Waals surface area contributed by atoms with Gasteiger partial charge in [0.15, 0.2) is 0 Å². The first-order valence-electron chi connectivity index (χ1n) is 3.51. The van der Waals surface area contributed by atoms with Gasteiger partial charge in [-0.1, -0.05) is 11.5 Å². The summed E-state index contributed by atoms with van der Waals surface area (Å²) in [4.78, 5) is 10.6. The van der Waals surface area contributed by atoms with Crippen molar-refractivity contribution in [3.8, 4) is 12.3 Å². The van der Waals surface area contributed by atoms with E-state index in [2.05, 4.69) is 5.92 Å². The van der Waals surface area contributed by atoms with Gasteiger partial charge >= 0.3 is 0 Å². The Kier molecular flexibility index (Phi) is 4.39. The van der Waals surface area contributed by atoms with Crippen LogP contribution in [0.15, 0.2) is 22.8 Å². The summed E-state index contributed by atoms with van der Waals surface area (Å²) in [7, 11) is 0. The van der Waals surface area contributed by atoms with Crippen LogP contribution in [-0.2, 0) is 4.79 Å². The number of hydrogen-bond donors (Lipinski definition) is 0. The number of allylic oxidation sites excluding steroid dienone is 4. The molecule has 0 atom stereocenters. The number of hydrogen-bond acceptors (Lipinski definition) is 1. The zero-order valence-corrected chi connectivity index (χ0v) is 8.20. The van der Waals surface area contributed by atoms with Gasteiger partial charge in [-0.05, 0) is 38.4 Å². The monoisotopic (exact) mass is 182 g/mol. The Morgan fingerprint density at radius 1 is 1.42 bits per heavy atom. The minimum absolute atomic E-state index is 0.464. The number of carbonyl (C=O) groups is 1. The molecule has 0 amide bonds. The van der Waals surface area contributed by atoms with Gasteiger partial charge in [-0.15, -0.1) is 6.42 Å². The average Bonchev–Trinajstić information content (AvgIpc) is 1.98. The Morgan fingerprint density at radius 3 is 2.17 bits per heavy atom. The third-order valence-corrected chi connectivity index (χ3v) is 1.66. The number of carbonyl (C=O) groups excluding carboxylic acids is 1. The van der Waals surface area contributed by atoms with Crippen molar-refractivity contribution in [3.05, 3.63) is 22.8 Å². The second kappa shape index (κ2) is 4.79. The first kappa shape index (κ1) is 11.0. The third-order valence-electron chi connectivity index (χ3n) is 1.37. The van der Waals surface area contributed by atoms with Gasteiger partial charge in [-0.3, -0.25) is 4.79 Å². The minimum atomic E-state index is -0.469. The second-order valence-electron chi connectivity index (χ2n) is 2.66. The molecule has 12 heavy (non-hydrogen) atoms. The molecule has 2 heteroatoms. The van der Waals surface area contributed by atoms with Gasteiger partial charge in [0.05, 0.1) is 0 Å². The SMILES string of the molecule is C#CC(C=C(C)C(=O)Cl)=C(C)C. The molecule has 1 nitrogen and oxygen atoms in total. The third kappa shape index (κ3) is 3.41. The summed E-state index contributed by atoms with van der Waals surface area (Å²) >= 11 is 5.24. The first-order valence-corrected chi connectivity index (χ1v) is 3.89. The van der Waals surface area contributed by atoms with E-state index in [-0.39, 0.29) is 0 Å². The lowest BCUT2D eigenvalue weighted by molar-refractivity contribution is -0.108. The molecule has 64 valence electrons. The van der Waals surface area contributed by atoms with E-state index in [1.807, 2.05) is 13.8 Å². The van der Waals surface area contributed by atoms with Gasteiger partial charge in [0.1, 0.15) is 0 Å². The fourth-order valence-corrected chi connectivity index (χ4v) is 0.658. The second-order valence-corrected chi connectivity index (χ2v) is 3.00. The Balaban J connectivity index is 4.88. The first-order chi connectivity index (χ1) is 5.49. The van der Waals surface area contributed by atoms with Crippen molar-refractivity contribution in [1.29, 1.82) is 0 Å². The summed E-state index contributed by atoms with van der Waals surface area (Å²) in [5.41, 5.74) is 2.17. The highest BCUT2D eigenvalue weighted by Crippen LogP contribution is 2.08. The van der Waals surface area contributed by atoms with Crippen LogP contribution < -0.4 is 0 Å². The van der Waals surface area contributed by atoms with Gasteiger partial charge in [0.25, 0.3) is 0 Å². The van der Waals surface area contributed by atoms with E-state index < -0.39 is 5.24 Å². The minimum Gasteiger partial charge on any atom is -0.276 e. The van der Waals surface area contributed by atoms with Crippen LogP contribution in [0.1, 0.15) is 20.8 Å². The summed E-state index contributed by atoms with van der Waals surface area (Å²) < 4.78 is 0. The largest absolute Gasteiger partial charge is 0.276 e. The van der Waals surface area contributed by atoms with Crippen molar-refractivity contribution in [2.45, 2.75) is 20.8 Å². The van der Waals surface area contributed by atoms with Crippen LogP contribution in [0.5, 0.6) is 0 Å². The molecular weight excluding hydrogens is 172 g/mol. The maximum absolute atomic E-state index is 10.6. The van der Waals surface area contributed by atoms with Crippen molar-refractivity contribution >= 4 is 16.8 Å². The predicted molar refractivity (Wildman–Crippen MR) is 51.8 cm³/mol. The normalized spacial score (nSPS) is 10.4. The lowest BCUT2D eigenvalue weighted by Gasteiger charge is -1.96. The summed E-state index contributed by atoms with van der Waals surface area (Å²) in [6, 6.07) is 0. The van der Waals surface area contributed by atoms with E-state index >= 15 is 0 Å². The molecule has 0 saturated carbocycles. The summed E-state index contributed by atoms with van der Waals surface area (Å²) in [6.45, 7) is 5.41. The Labute approximate surface area is 78.1 Å². The standard InChI is InChI=1S/C10H11ClO/c1-5-9(7(2)3)6-8(4)10(11)12/h1,6H,2-4H3. The number of halogens is 1. The fourth-order valence-electron chi connectivity index (χ4n) is 0.604. The Bertz CT molecular complexity index is 285. The molecule has 0 unspecified atom stereocenters.